The summed E-state index contributed by atoms with van der Waals surface area (Å²) in [6, 6.07) is 13.1. The predicted molar refractivity (Wildman–Crippen MR) is 108 cm³/mol. The fourth-order valence-electron chi connectivity index (χ4n) is 2.73. The van der Waals surface area contributed by atoms with Crippen LogP contribution in [0.1, 0.15) is 16.8 Å². The third-order valence-corrected chi connectivity index (χ3v) is 4.12. The van der Waals surface area contributed by atoms with Crippen LogP contribution in [-0.4, -0.2) is 42.2 Å². The second-order valence-corrected chi connectivity index (χ2v) is 6.45. The summed E-state index contributed by atoms with van der Waals surface area (Å²) in [6.07, 6.45) is -0.172. The molecule has 1 saturated heterocycles. The normalized spacial score (nSPS) is 15.4. The van der Waals surface area contributed by atoms with Gasteiger partial charge in [-0.05, 0) is 30.3 Å². The van der Waals surface area contributed by atoms with Gasteiger partial charge in [-0.25, -0.2) is 4.79 Å². The Balaban J connectivity index is 1.53. The van der Waals surface area contributed by atoms with Gasteiger partial charge in [0.2, 0.25) is 17.7 Å². The molecule has 1 heterocycles. The smallest absolute Gasteiger partial charge is 0.322 e. The average molecular weight is 409 g/mol. The van der Waals surface area contributed by atoms with Crippen molar-refractivity contribution >= 4 is 41.0 Å². The van der Waals surface area contributed by atoms with E-state index in [0.717, 1.165) is 0 Å². The molecule has 10 heteroatoms. The zero-order valence-corrected chi connectivity index (χ0v) is 15.7. The van der Waals surface area contributed by atoms with Crippen molar-refractivity contribution in [2.45, 2.75) is 12.5 Å². The summed E-state index contributed by atoms with van der Waals surface area (Å²) in [5.41, 5.74) is 1.21. The second kappa shape index (κ2) is 9.32. The summed E-state index contributed by atoms with van der Waals surface area (Å²) in [5, 5.41) is 12.1. The molecule has 0 unspecified atom stereocenters. The van der Waals surface area contributed by atoms with E-state index in [1.54, 1.807) is 48.5 Å². The van der Waals surface area contributed by atoms with E-state index < -0.39 is 29.8 Å². The van der Waals surface area contributed by atoms with Gasteiger partial charge in [0.1, 0.15) is 6.04 Å². The Morgan fingerprint density at radius 1 is 0.933 bits per heavy atom. The van der Waals surface area contributed by atoms with E-state index in [4.69, 9.17) is 0 Å². The van der Waals surface area contributed by atoms with E-state index in [2.05, 4.69) is 21.3 Å². The summed E-state index contributed by atoms with van der Waals surface area (Å²) >= 11 is 0. The second-order valence-electron chi connectivity index (χ2n) is 6.45. The third-order valence-electron chi connectivity index (χ3n) is 4.12. The Hall–Kier alpha value is -4.21. The zero-order chi connectivity index (χ0) is 21.5. The van der Waals surface area contributed by atoms with Gasteiger partial charge in [-0.15, -0.1) is 0 Å². The molecule has 0 radical (unpaired) electrons. The van der Waals surface area contributed by atoms with Crippen LogP contribution in [-0.2, 0) is 14.4 Å². The van der Waals surface area contributed by atoms with Gasteiger partial charge in [-0.1, -0.05) is 24.3 Å². The quantitative estimate of drug-likeness (QED) is 0.474. The lowest BCUT2D eigenvalue weighted by molar-refractivity contribution is -0.126. The fourth-order valence-corrected chi connectivity index (χ4v) is 2.73. The summed E-state index contributed by atoms with van der Waals surface area (Å²) in [7, 11) is 0. The molecule has 1 aliphatic rings. The number of hydrogen-bond acceptors (Lipinski definition) is 5. The van der Waals surface area contributed by atoms with Crippen LogP contribution >= 0.6 is 0 Å². The Morgan fingerprint density at radius 3 is 2.33 bits per heavy atom. The van der Waals surface area contributed by atoms with Gasteiger partial charge in [0, 0.05) is 16.9 Å². The number of amides is 6. The van der Waals surface area contributed by atoms with Crippen LogP contribution in [0, 0.1) is 0 Å². The van der Waals surface area contributed by atoms with Crippen molar-refractivity contribution in [3.8, 4) is 0 Å². The molecule has 1 aliphatic heterocycles. The van der Waals surface area contributed by atoms with Gasteiger partial charge in [0.05, 0.1) is 13.0 Å². The molecule has 1 fully saturated rings. The number of benzene rings is 2. The summed E-state index contributed by atoms with van der Waals surface area (Å²) in [6.45, 7) is -0.229. The fraction of sp³-hybridized carbons (Fsp3) is 0.150. The van der Waals surface area contributed by atoms with E-state index in [0.29, 0.717) is 16.9 Å². The van der Waals surface area contributed by atoms with Crippen molar-refractivity contribution in [1.29, 1.82) is 0 Å². The maximum Gasteiger partial charge on any atom is 0.322 e. The molecule has 0 bridgehead atoms. The Kier molecular flexibility index (Phi) is 6.38. The van der Waals surface area contributed by atoms with Gasteiger partial charge < -0.3 is 21.3 Å². The summed E-state index contributed by atoms with van der Waals surface area (Å²) in [5.74, 6) is -1.92. The van der Waals surface area contributed by atoms with Gasteiger partial charge in [0.15, 0.2) is 0 Å². The van der Waals surface area contributed by atoms with E-state index >= 15 is 0 Å². The Bertz CT molecular complexity index is 976. The van der Waals surface area contributed by atoms with Crippen LogP contribution < -0.4 is 26.6 Å². The van der Waals surface area contributed by atoms with Crippen molar-refractivity contribution in [2.75, 3.05) is 17.2 Å². The first-order chi connectivity index (χ1) is 14.4. The zero-order valence-electron chi connectivity index (χ0n) is 15.7. The summed E-state index contributed by atoms with van der Waals surface area (Å²) < 4.78 is 0. The number of anilines is 2. The van der Waals surface area contributed by atoms with Crippen molar-refractivity contribution in [1.82, 2.24) is 16.0 Å². The number of hydrogen-bond donors (Lipinski definition) is 5. The summed E-state index contributed by atoms with van der Waals surface area (Å²) in [4.78, 5) is 59.0. The molecule has 2 aromatic rings. The topological polar surface area (TPSA) is 146 Å². The van der Waals surface area contributed by atoms with E-state index in [1.165, 1.54) is 6.07 Å². The minimum atomic E-state index is -0.988. The van der Waals surface area contributed by atoms with Crippen LogP contribution in [0.25, 0.3) is 0 Å². The molecule has 1 atom stereocenters. The highest BCUT2D eigenvalue weighted by Crippen LogP contribution is 2.16. The Labute approximate surface area is 171 Å². The third kappa shape index (κ3) is 5.64. The maximum atomic E-state index is 12.3. The molecule has 0 spiro atoms. The lowest BCUT2D eigenvalue weighted by atomic mass is 10.1. The largest absolute Gasteiger partial charge is 0.343 e. The highest BCUT2D eigenvalue weighted by molar-refractivity contribution is 6.06. The van der Waals surface area contributed by atoms with Crippen LogP contribution in [0.15, 0.2) is 54.6 Å². The molecular formula is C20H19N5O5. The van der Waals surface area contributed by atoms with E-state index in [1.807, 2.05) is 5.32 Å². The first kappa shape index (κ1) is 20.5. The molecule has 2 aromatic carbocycles. The highest BCUT2D eigenvalue weighted by atomic mass is 16.2. The molecule has 5 N–H and O–H groups in total. The van der Waals surface area contributed by atoms with Crippen LogP contribution in [0.5, 0.6) is 0 Å². The van der Waals surface area contributed by atoms with Crippen molar-refractivity contribution < 1.29 is 24.0 Å². The van der Waals surface area contributed by atoms with E-state index in [9.17, 15) is 24.0 Å². The lowest BCUT2D eigenvalue weighted by Crippen LogP contribution is -2.56. The standard InChI is InChI=1S/C20H19N5O5/c26-16-10-15(24-20(30)25-16)19(29)23-14-8-4-7-13(9-14)22-17(27)11-21-18(28)12-5-2-1-3-6-12/h1-9,15H,10-11H2,(H,21,28)(H,22,27)(H,23,29)(H2,24,25,26,30)/t15-/m0/s1. The maximum absolute atomic E-state index is 12.3. The Morgan fingerprint density at radius 2 is 1.63 bits per heavy atom. The van der Waals surface area contributed by atoms with Crippen LogP contribution in [0.3, 0.4) is 0 Å². The molecule has 0 aromatic heterocycles. The molecule has 154 valence electrons. The van der Waals surface area contributed by atoms with Gasteiger partial charge in [-0.2, -0.15) is 0 Å². The van der Waals surface area contributed by atoms with Crippen LogP contribution in [0.2, 0.25) is 0 Å². The number of carbonyl (C=O) groups excluding carboxylic acids is 5. The molecule has 0 saturated carbocycles. The van der Waals surface area contributed by atoms with Crippen LogP contribution in [0.4, 0.5) is 16.2 Å². The van der Waals surface area contributed by atoms with E-state index in [-0.39, 0.29) is 18.9 Å². The number of rotatable bonds is 6. The first-order valence-electron chi connectivity index (χ1n) is 9.05. The molecule has 0 aliphatic carbocycles. The van der Waals surface area contributed by atoms with Crippen molar-refractivity contribution in [2.24, 2.45) is 0 Å². The first-order valence-corrected chi connectivity index (χ1v) is 9.05. The molecular weight excluding hydrogens is 390 g/mol. The van der Waals surface area contributed by atoms with Crippen molar-refractivity contribution in [3.05, 3.63) is 60.2 Å². The lowest BCUT2D eigenvalue weighted by Gasteiger charge is -2.22. The predicted octanol–water partition coefficient (Wildman–Crippen LogP) is 0.592. The number of urea groups is 1. The monoisotopic (exact) mass is 409 g/mol. The molecule has 3 rings (SSSR count). The minimum Gasteiger partial charge on any atom is -0.343 e. The SMILES string of the molecule is O=C1C[C@@H](C(=O)Nc2cccc(NC(=O)CNC(=O)c3ccccc3)c2)NC(=O)N1. The van der Waals surface area contributed by atoms with Gasteiger partial charge in [-0.3, -0.25) is 24.5 Å². The van der Waals surface area contributed by atoms with Crippen molar-refractivity contribution in [3.63, 3.8) is 0 Å². The highest BCUT2D eigenvalue weighted by Gasteiger charge is 2.29. The number of carbonyl (C=O) groups is 5. The molecule has 10 nitrogen and oxygen atoms in total. The molecule has 30 heavy (non-hydrogen) atoms. The number of nitrogens with one attached hydrogen (secondary N) is 5. The van der Waals surface area contributed by atoms with Gasteiger partial charge in [0.25, 0.3) is 5.91 Å². The average Bonchev–Trinajstić information content (AvgIpc) is 2.72. The molecule has 6 amide bonds. The van der Waals surface area contributed by atoms with Gasteiger partial charge >= 0.3 is 6.03 Å². The minimum absolute atomic E-state index is 0.172. The number of imide groups is 1.